The van der Waals surface area contributed by atoms with E-state index in [1.54, 1.807) is 0 Å². The molecule has 6 heteroatoms. The molecule has 0 aliphatic carbocycles. The van der Waals surface area contributed by atoms with Crippen LogP contribution in [-0.4, -0.2) is 37.3 Å². The number of nitrogens with two attached hydrogens (primary N) is 1. The van der Waals surface area contributed by atoms with Crippen LogP contribution in [0.4, 0.5) is 8.78 Å². The Balaban J connectivity index is 2.45. The molecule has 0 radical (unpaired) electrons. The van der Waals surface area contributed by atoms with E-state index in [0.29, 0.717) is 13.0 Å². The van der Waals surface area contributed by atoms with E-state index in [-0.39, 0.29) is 23.3 Å². The van der Waals surface area contributed by atoms with Crippen LogP contribution in [-0.2, 0) is 0 Å². The van der Waals surface area contributed by atoms with Crippen LogP contribution < -0.4 is 10.5 Å². The maximum atomic E-state index is 14.0. The van der Waals surface area contributed by atoms with Gasteiger partial charge in [0.15, 0.2) is 17.3 Å². The Hall–Kier alpha value is -1.40. The van der Waals surface area contributed by atoms with Gasteiger partial charge in [-0.3, -0.25) is 4.90 Å². The molecular formula is C13H18F2N2O2. The van der Waals surface area contributed by atoms with Crippen molar-refractivity contribution < 1.29 is 18.6 Å². The van der Waals surface area contributed by atoms with Crippen LogP contribution in [0.15, 0.2) is 6.07 Å². The highest BCUT2D eigenvalue weighted by molar-refractivity contribution is 5.49. The van der Waals surface area contributed by atoms with Crippen LogP contribution in [0.2, 0.25) is 0 Å². The van der Waals surface area contributed by atoms with Crippen LogP contribution in [0.3, 0.4) is 0 Å². The van der Waals surface area contributed by atoms with Gasteiger partial charge in [0.25, 0.3) is 0 Å². The standard InChI is InChI=1S/C13H18F2N2O2/c1-17-6-7(5-16)3-10(17)11-8(14)4-9(15)13(19-2)12(11)18/h4,7,10,18H,3,5-6,16H2,1-2H3. The molecule has 2 unspecified atom stereocenters. The molecule has 1 aromatic carbocycles. The lowest BCUT2D eigenvalue weighted by Gasteiger charge is -2.22. The monoisotopic (exact) mass is 272 g/mol. The van der Waals surface area contributed by atoms with Gasteiger partial charge in [-0.1, -0.05) is 0 Å². The minimum Gasteiger partial charge on any atom is -0.504 e. The maximum Gasteiger partial charge on any atom is 0.197 e. The molecule has 0 aromatic heterocycles. The summed E-state index contributed by atoms with van der Waals surface area (Å²) in [5.74, 6) is -2.21. The van der Waals surface area contributed by atoms with Crippen LogP contribution >= 0.6 is 0 Å². The molecule has 3 N–H and O–H groups in total. The van der Waals surface area contributed by atoms with E-state index < -0.39 is 17.4 Å². The Morgan fingerprint density at radius 3 is 2.68 bits per heavy atom. The van der Waals surface area contributed by atoms with Crippen molar-refractivity contribution in [3.05, 3.63) is 23.3 Å². The average Bonchev–Trinajstić information content (AvgIpc) is 2.71. The highest BCUT2D eigenvalue weighted by Crippen LogP contribution is 2.44. The summed E-state index contributed by atoms with van der Waals surface area (Å²) in [6.45, 7) is 1.22. The number of likely N-dealkylation sites (tertiary alicyclic amines) is 1. The number of methoxy groups -OCH3 is 1. The van der Waals surface area contributed by atoms with E-state index in [1.165, 1.54) is 7.11 Å². The van der Waals surface area contributed by atoms with E-state index in [9.17, 15) is 13.9 Å². The summed E-state index contributed by atoms with van der Waals surface area (Å²) in [6, 6.07) is 0.431. The molecule has 0 bridgehead atoms. The van der Waals surface area contributed by atoms with E-state index in [4.69, 9.17) is 10.5 Å². The Morgan fingerprint density at radius 2 is 2.16 bits per heavy atom. The summed E-state index contributed by atoms with van der Waals surface area (Å²) in [7, 11) is 3.07. The van der Waals surface area contributed by atoms with E-state index >= 15 is 0 Å². The van der Waals surface area contributed by atoms with Crippen molar-refractivity contribution in [2.45, 2.75) is 12.5 Å². The molecule has 106 valence electrons. The van der Waals surface area contributed by atoms with E-state index in [2.05, 4.69) is 0 Å². The zero-order valence-corrected chi connectivity index (χ0v) is 11.0. The highest BCUT2D eigenvalue weighted by Gasteiger charge is 2.35. The Kier molecular flexibility index (Phi) is 3.91. The van der Waals surface area contributed by atoms with E-state index in [0.717, 1.165) is 12.6 Å². The van der Waals surface area contributed by atoms with Crippen molar-refractivity contribution >= 4 is 0 Å². The summed E-state index contributed by atoms with van der Waals surface area (Å²) in [4.78, 5) is 1.91. The smallest absolute Gasteiger partial charge is 0.197 e. The van der Waals surface area contributed by atoms with Crippen LogP contribution in [0.25, 0.3) is 0 Å². The van der Waals surface area contributed by atoms with Gasteiger partial charge in [0.1, 0.15) is 5.82 Å². The average molecular weight is 272 g/mol. The van der Waals surface area contributed by atoms with Gasteiger partial charge in [-0.25, -0.2) is 8.78 Å². The maximum absolute atomic E-state index is 14.0. The third-order valence-electron chi connectivity index (χ3n) is 3.70. The van der Waals surface area contributed by atoms with Crippen molar-refractivity contribution in [2.75, 3.05) is 27.2 Å². The first-order valence-electron chi connectivity index (χ1n) is 6.14. The predicted molar refractivity (Wildman–Crippen MR) is 67.1 cm³/mol. The van der Waals surface area contributed by atoms with Crippen molar-refractivity contribution in [1.82, 2.24) is 4.90 Å². The predicted octanol–water partition coefficient (Wildman–Crippen LogP) is 1.63. The number of hydrogen-bond donors (Lipinski definition) is 2. The van der Waals surface area contributed by atoms with Crippen LogP contribution in [0, 0.1) is 17.6 Å². The zero-order valence-electron chi connectivity index (χ0n) is 11.0. The fourth-order valence-corrected chi connectivity index (χ4v) is 2.73. The van der Waals surface area contributed by atoms with Crippen LogP contribution in [0.5, 0.6) is 11.5 Å². The number of benzene rings is 1. The van der Waals surface area contributed by atoms with Gasteiger partial charge in [-0.2, -0.15) is 0 Å². The largest absolute Gasteiger partial charge is 0.504 e. The lowest BCUT2D eigenvalue weighted by molar-refractivity contribution is 0.288. The number of halogens is 2. The molecule has 1 saturated heterocycles. The van der Waals surface area contributed by atoms with Crippen molar-refractivity contribution in [3.8, 4) is 11.5 Å². The Morgan fingerprint density at radius 1 is 1.47 bits per heavy atom. The summed E-state index contributed by atoms with van der Waals surface area (Å²) in [5.41, 5.74) is 5.71. The summed E-state index contributed by atoms with van der Waals surface area (Å²) >= 11 is 0. The van der Waals surface area contributed by atoms with Gasteiger partial charge in [0, 0.05) is 18.7 Å². The first-order chi connectivity index (χ1) is 8.99. The molecule has 0 saturated carbocycles. The SMILES string of the molecule is COc1c(F)cc(F)c(C2CC(CN)CN2C)c1O. The second-order valence-electron chi connectivity index (χ2n) is 4.93. The molecular weight excluding hydrogens is 254 g/mol. The molecule has 2 rings (SSSR count). The normalized spacial score (nSPS) is 23.8. The number of aromatic hydroxyl groups is 1. The van der Waals surface area contributed by atoms with Gasteiger partial charge in [-0.05, 0) is 25.9 Å². The number of ether oxygens (including phenoxy) is 1. The highest BCUT2D eigenvalue weighted by atomic mass is 19.1. The summed E-state index contributed by atoms with van der Waals surface area (Å²) < 4.78 is 32.2. The lowest BCUT2D eigenvalue weighted by atomic mass is 9.98. The number of rotatable bonds is 3. The van der Waals surface area contributed by atoms with Crippen molar-refractivity contribution in [2.24, 2.45) is 11.7 Å². The van der Waals surface area contributed by atoms with Crippen LogP contribution in [0.1, 0.15) is 18.0 Å². The van der Waals surface area contributed by atoms with Crippen molar-refractivity contribution in [3.63, 3.8) is 0 Å². The fourth-order valence-electron chi connectivity index (χ4n) is 2.73. The topological polar surface area (TPSA) is 58.7 Å². The van der Waals surface area contributed by atoms with Gasteiger partial charge in [0.2, 0.25) is 0 Å². The molecule has 1 heterocycles. The Bertz CT molecular complexity index is 482. The molecule has 19 heavy (non-hydrogen) atoms. The molecule has 1 fully saturated rings. The molecule has 1 aromatic rings. The molecule has 1 aliphatic heterocycles. The third kappa shape index (κ3) is 2.37. The first kappa shape index (κ1) is 14.0. The Labute approximate surface area is 110 Å². The molecule has 2 atom stereocenters. The number of nitrogens with zero attached hydrogens (tertiary/aromatic N) is 1. The fraction of sp³-hybridized carbons (Fsp3) is 0.538. The number of phenolic OH excluding ortho intramolecular Hbond substituents is 1. The minimum absolute atomic E-state index is 0.0803. The second-order valence-corrected chi connectivity index (χ2v) is 4.93. The number of phenols is 1. The zero-order chi connectivity index (χ0) is 14.2. The van der Waals surface area contributed by atoms with E-state index in [1.807, 2.05) is 11.9 Å². The van der Waals surface area contributed by atoms with Gasteiger partial charge >= 0.3 is 0 Å². The second kappa shape index (κ2) is 5.30. The lowest BCUT2D eigenvalue weighted by Crippen LogP contribution is -2.21. The van der Waals surface area contributed by atoms with Gasteiger partial charge in [0.05, 0.1) is 12.7 Å². The molecule has 0 amide bonds. The minimum atomic E-state index is -0.905. The molecule has 4 nitrogen and oxygen atoms in total. The third-order valence-corrected chi connectivity index (χ3v) is 3.70. The van der Waals surface area contributed by atoms with Crippen molar-refractivity contribution in [1.29, 1.82) is 0 Å². The number of hydrogen-bond acceptors (Lipinski definition) is 4. The summed E-state index contributed by atoms with van der Waals surface area (Å²) in [6.07, 6.45) is 0.631. The van der Waals surface area contributed by atoms with Gasteiger partial charge in [-0.15, -0.1) is 0 Å². The summed E-state index contributed by atoms with van der Waals surface area (Å²) in [5, 5.41) is 10.0. The quantitative estimate of drug-likeness (QED) is 0.878. The molecule has 1 aliphatic rings. The molecule has 0 spiro atoms. The first-order valence-corrected chi connectivity index (χ1v) is 6.14. The van der Waals surface area contributed by atoms with Gasteiger partial charge < -0.3 is 15.6 Å².